The van der Waals surface area contributed by atoms with Crippen LogP contribution in [0.3, 0.4) is 0 Å². The molecule has 1 atom stereocenters. The van der Waals surface area contributed by atoms with Crippen LogP contribution in [0.4, 0.5) is 0 Å². The molecular formula is C26H25ClN2O. The second-order valence-corrected chi connectivity index (χ2v) is 8.28. The standard InChI is InChI=1S/C26H25ClN2O/c1-18-6-8-19(9-7-18)10-11-20-12-13-21(24(27)14-20)15-25(28)26(30)29-16-22-4-2-3-5-23(22)17-29/h2-14,25H,15-17,28H2,1H3/b11-10+. The fraction of sp³-hybridized carbons (Fsp3) is 0.192. The van der Waals surface area contributed by atoms with E-state index in [4.69, 9.17) is 17.3 Å². The Morgan fingerprint density at radius 3 is 2.23 bits per heavy atom. The van der Waals surface area contributed by atoms with Crippen molar-refractivity contribution in [2.75, 3.05) is 0 Å². The minimum Gasteiger partial charge on any atom is -0.333 e. The molecule has 4 rings (SSSR count). The van der Waals surface area contributed by atoms with Crippen LogP contribution >= 0.6 is 11.6 Å². The molecule has 30 heavy (non-hydrogen) atoms. The number of aryl methyl sites for hydroxylation is 1. The number of nitrogens with two attached hydrogens (primary N) is 1. The van der Waals surface area contributed by atoms with Crippen molar-refractivity contribution < 1.29 is 4.79 Å². The Bertz CT molecular complexity index is 1060. The molecule has 0 aliphatic carbocycles. The molecule has 0 radical (unpaired) electrons. The second-order valence-electron chi connectivity index (χ2n) is 7.87. The van der Waals surface area contributed by atoms with Crippen LogP contribution in [0.15, 0.2) is 66.7 Å². The molecule has 0 aromatic heterocycles. The van der Waals surface area contributed by atoms with Gasteiger partial charge in [0, 0.05) is 18.1 Å². The molecule has 2 N–H and O–H groups in total. The van der Waals surface area contributed by atoms with E-state index in [9.17, 15) is 4.79 Å². The van der Waals surface area contributed by atoms with Gasteiger partial charge < -0.3 is 10.6 Å². The molecule has 0 bridgehead atoms. The van der Waals surface area contributed by atoms with Crippen LogP contribution in [-0.2, 0) is 24.3 Å². The van der Waals surface area contributed by atoms with Gasteiger partial charge in [-0.25, -0.2) is 0 Å². The van der Waals surface area contributed by atoms with Crippen molar-refractivity contribution in [3.8, 4) is 0 Å². The van der Waals surface area contributed by atoms with E-state index in [0.717, 1.165) is 16.7 Å². The highest BCUT2D eigenvalue weighted by Gasteiger charge is 2.27. The molecule has 0 saturated carbocycles. The number of carbonyl (C=O) groups is 1. The Balaban J connectivity index is 1.40. The summed E-state index contributed by atoms with van der Waals surface area (Å²) in [6.45, 7) is 3.32. The largest absolute Gasteiger partial charge is 0.333 e. The molecule has 3 aromatic rings. The van der Waals surface area contributed by atoms with Gasteiger partial charge in [-0.05, 0) is 47.2 Å². The molecule has 3 nitrogen and oxygen atoms in total. The van der Waals surface area contributed by atoms with Crippen molar-refractivity contribution in [3.05, 3.63) is 105 Å². The molecular weight excluding hydrogens is 392 g/mol. The average molecular weight is 417 g/mol. The lowest BCUT2D eigenvalue weighted by atomic mass is 10.0. The first kappa shape index (κ1) is 20.4. The zero-order valence-corrected chi connectivity index (χ0v) is 17.8. The summed E-state index contributed by atoms with van der Waals surface area (Å²) in [5.41, 5.74) is 12.9. The number of rotatable bonds is 5. The molecule has 1 heterocycles. The summed E-state index contributed by atoms with van der Waals surface area (Å²) in [5, 5.41) is 0.633. The number of carbonyl (C=O) groups excluding carboxylic acids is 1. The van der Waals surface area contributed by atoms with Gasteiger partial charge in [0.25, 0.3) is 0 Å². The van der Waals surface area contributed by atoms with Gasteiger partial charge in [-0.2, -0.15) is 0 Å². The Kier molecular flexibility index (Phi) is 6.03. The predicted octanol–water partition coefficient (Wildman–Crippen LogP) is 5.23. The fourth-order valence-electron chi connectivity index (χ4n) is 3.75. The summed E-state index contributed by atoms with van der Waals surface area (Å²) in [4.78, 5) is 14.6. The highest BCUT2D eigenvalue weighted by molar-refractivity contribution is 6.31. The van der Waals surface area contributed by atoms with E-state index in [2.05, 4.69) is 49.4 Å². The van der Waals surface area contributed by atoms with Crippen LogP contribution in [0.2, 0.25) is 5.02 Å². The lowest BCUT2D eigenvalue weighted by Gasteiger charge is -2.20. The van der Waals surface area contributed by atoms with Gasteiger partial charge in [-0.3, -0.25) is 4.79 Å². The zero-order chi connectivity index (χ0) is 21.1. The van der Waals surface area contributed by atoms with Crippen molar-refractivity contribution in [2.45, 2.75) is 32.5 Å². The van der Waals surface area contributed by atoms with Gasteiger partial charge in [0.15, 0.2) is 0 Å². The minimum atomic E-state index is -0.606. The number of nitrogens with zero attached hydrogens (tertiary/aromatic N) is 1. The van der Waals surface area contributed by atoms with Crippen LogP contribution < -0.4 is 5.73 Å². The van der Waals surface area contributed by atoms with Gasteiger partial charge in [0.1, 0.15) is 0 Å². The topological polar surface area (TPSA) is 46.3 Å². The summed E-state index contributed by atoms with van der Waals surface area (Å²) >= 11 is 6.50. The first-order valence-electron chi connectivity index (χ1n) is 10.1. The highest BCUT2D eigenvalue weighted by Crippen LogP contribution is 2.25. The first-order chi connectivity index (χ1) is 14.5. The van der Waals surface area contributed by atoms with E-state index < -0.39 is 6.04 Å². The van der Waals surface area contributed by atoms with E-state index in [0.29, 0.717) is 24.5 Å². The van der Waals surface area contributed by atoms with Crippen molar-refractivity contribution >= 4 is 29.7 Å². The van der Waals surface area contributed by atoms with Crippen LogP contribution in [0, 0.1) is 6.92 Å². The second kappa shape index (κ2) is 8.86. The molecule has 0 saturated heterocycles. The van der Waals surface area contributed by atoms with E-state index >= 15 is 0 Å². The lowest BCUT2D eigenvalue weighted by Crippen LogP contribution is -2.42. The molecule has 4 heteroatoms. The minimum absolute atomic E-state index is 0.0365. The van der Waals surface area contributed by atoms with Crippen molar-refractivity contribution in [3.63, 3.8) is 0 Å². The van der Waals surface area contributed by atoms with Gasteiger partial charge in [-0.1, -0.05) is 90.0 Å². The van der Waals surface area contributed by atoms with E-state index in [1.54, 1.807) is 0 Å². The van der Waals surface area contributed by atoms with Gasteiger partial charge >= 0.3 is 0 Å². The number of halogens is 1. The summed E-state index contributed by atoms with van der Waals surface area (Å²) in [6.07, 6.45) is 4.52. The molecule has 1 unspecified atom stereocenters. The van der Waals surface area contributed by atoms with Crippen LogP contribution in [0.1, 0.15) is 33.4 Å². The monoisotopic (exact) mass is 416 g/mol. The van der Waals surface area contributed by atoms with E-state index in [1.165, 1.54) is 16.7 Å². The number of hydrogen-bond donors (Lipinski definition) is 1. The third kappa shape index (κ3) is 4.64. The Morgan fingerprint density at radius 2 is 1.60 bits per heavy atom. The zero-order valence-electron chi connectivity index (χ0n) is 17.0. The van der Waals surface area contributed by atoms with Crippen molar-refractivity contribution in [1.82, 2.24) is 4.90 Å². The average Bonchev–Trinajstić information content (AvgIpc) is 3.18. The fourth-order valence-corrected chi connectivity index (χ4v) is 4.02. The molecule has 1 aliphatic rings. The number of fused-ring (bicyclic) bond motifs is 1. The lowest BCUT2D eigenvalue weighted by molar-refractivity contribution is -0.133. The van der Waals surface area contributed by atoms with Crippen molar-refractivity contribution in [2.24, 2.45) is 5.73 Å². The third-order valence-electron chi connectivity index (χ3n) is 5.53. The summed E-state index contributed by atoms with van der Waals surface area (Å²) in [5.74, 6) is -0.0365. The predicted molar refractivity (Wildman–Crippen MR) is 124 cm³/mol. The quantitative estimate of drug-likeness (QED) is 0.579. The molecule has 0 fully saturated rings. The smallest absolute Gasteiger partial charge is 0.240 e. The highest BCUT2D eigenvalue weighted by atomic mass is 35.5. The SMILES string of the molecule is Cc1ccc(/C=C/c2ccc(CC(N)C(=O)N3Cc4ccccc4C3)c(Cl)c2)cc1. The maximum Gasteiger partial charge on any atom is 0.240 e. The Hall–Kier alpha value is -2.88. The van der Waals surface area contributed by atoms with Gasteiger partial charge in [0.05, 0.1) is 6.04 Å². The maximum atomic E-state index is 12.8. The van der Waals surface area contributed by atoms with Crippen LogP contribution in [-0.4, -0.2) is 16.8 Å². The normalized spacial score (nSPS) is 14.2. The Morgan fingerprint density at radius 1 is 1.00 bits per heavy atom. The molecule has 152 valence electrons. The summed E-state index contributed by atoms with van der Waals surface area (Å²) < 4.78 is 0. The molecule has 3 aromatic carbocycles. The first-order valence-corrected chi connectivity index (χ1v) is 10.5. The van der Waals surface area contributed by atoms with Crippen molar-refractivity contribution in [1.29, 1.82) is 0 Å². The summed E-state index contributed by atoms with van der Waals surface area (Å²) in [6, 6.07) is 21.8. The van der Waals surface area contributed by atoms with Gasteiger partial charge in [0.2, 0.25) is 5.91 Å². The molecule has 0 spiro atoms. The third-order valence-corrected chi connectivity index (χ3v) is 5.88. The van der Waals surface area contributed by atoms with E-state index in [-0.39, 0.29) is 5.91 Å². The van der Waals surface area contributed by atoms with Crippen LogP contribution in [0.25, 0.3) is 12.2 Å². The molecule has 1 aliphatic heterocycles. The Labute approximate surface area is 182 Å². The van der Waals surface area contributed by atoms with Gasteiger partial charge in [-0.15, -0.1) is 0 Å². The number of hydrogen-bond acceptors (Lipinski definition) is 2. The summed E-state index contributed by atoms with van der Waals surface area (Å²) in [7, 11) is 0. The maximum absolute atomic E-state index is 12.8. The van der Waals surface area contributed by atoms with Crippen LogP contribution in [0.5, 0.6) is 0 Å². The number of amides is 1. The number of benzene rings is 3. The van der Waals surface area contributed by atoms with E-state index in [1.807, 2.05) is 41.3 Å². The molecule has 1 amide bonds.